The number of carbonyl (C=O) groups is 2. The molecule has 1 N–H and O–H groups in total. The van der Waals surface area contributed by atoms with Crippen molar-refractivity contribution in [2.24, 2.45) is 11.8 Å². The Labute approximate surface area is 190 Å². The molecule has 1 aromatic rings. The second-order valence-corrected chi connectivity index (χ2v) is 10.6. The van der Waals surface area contributed by atoms with E-state index in [1.54, 1.807) is 4.90 Å². The van der Waals surface area contributed by atoms with Crippen LogP contribution in [0.4, 0.5) is 0 Å². The predicted octanol–water partition coefficient (Wildman–Crippen LogP) is 3.47. The number of nitrogens with one attached hydrogen (secondary N) is 1. The smallest absolute Gasteiger partial charge is 0.255 e. The number of nitrogens with zero attached hydrogens (tertiary/aromatic N) is 2. The molecule has 3 unspecified atom stereocenters. The fraction of sp³-hybridized carbons (Fsp3) is 0.615. The topological polar surface area (TPSA) is 61.9 Å². The summed E-state index contributed by atoms with van der Waals surface area (Å²) in [4.78, 5) is 29.8. The molecule has 2 aliphatic carbocycles. The maximum absolute atomic E-state index is 13.0. The van der Waals surface area contributed by atoms with Gasteiger partial charge in [-0.15, -0.1) is 0 Å². The van der Waals surface area contributed by atoms with Gasteiger partial charge in [0, 0.05) is 36.9 Å². The standard InChI is InChI=1S/C26H33N3O3/c1-16-5-10-23(25(30)27-16)29-15-19-12-20(8-9-21(19)26(29)31)32-24-4-2-3-22(24)28-13-17-6-7-18(11-17)14-28/h8-9,12,17-18,22-24H,1-7,10-11,13-15H2,(H,27,30)/t17?,18?,22-,23?,24+/m1/s1. The number of rotatable bonds is 4. The molecule has 1 aromatic carbocycles. The summed E-state index contributed by atoms with van der Waals surface area (Å²) in [7, 11) is 0. The van der Waals surface area contributed by atoms with Crippen LogP contribution in [-0.2, 0) is 11.3 Å². The Balaban J connectivity index is 1.15. The van der Waals surface area contributed by atoms with Crippen molar-refractivity contribution in [3.63, 3.8) is 0 Å². The van der Waals surface area contributed by atoms with Crippen LogP contribution < -0.4 is 10.1 Å². The van der Waals surface area contributed by atoms with Crippen molar-refractivity contribution >= 4 is 11.8 Å². The number of hydrogen-bond acceptors (Lipinski definition) is 4. The fourth-order valence-electron chi connectivity index (χ4n) is 6.86. The summed E-state index contributed by atoms with van der Waals surface area (Å²) in [6, 6.07) is 5.96. The van der Waals surface area contributed by atoms with Crippen molar-refractivity contribution in [1.82, 2.24) is 15.1 Å². The minimum absolute atomic E-state index is 0.0539. The van der Waals surface area contributed by atoms with Crippen molar-refractivity contribution in [2.45, 2.75) is 76.1 Å². The van der Waals surface area contributed by atoms with E-state index in [1.165, 1.54) is 45.2 Å². The van der Waals surface area contributed by atoms with Crippen molar-refractivity contribution < 1.29 is 14.3 Å². The first kappa shape index (κ1) is 20.3. The number of likely N-dealkylation sites (tertiary alicyclic amines) is 1. The molecule has 2 saturated carbocycles. The van der Waals surface area contributed by atoms with Gasteiger partial charge >= 0.3 is 0 Å². The highest BCUT2D eigenvalue weighted by Crippen LogP contribution is 2.40. The van der Waals surface area contributed by atoms with E-state index in [0.29, 0.717) is 31.0 Å². The lowest BCUT2D eigenvalue weighted by molar-refractivity contribution is -0.126. The molecule has 5 atom stereocenters. The first-order valence-corrected chi connectivity index (χ1v) is 12.4. The van der Waals surface area contributed by atoms with E-state index in [-0.39, 0.29) is 17.9 Å². The van der Waals surface area contributed by atoms with Crippen LogP contribution in [0.15, 0.2) is 30.5 Å². The first-order chi connectivity index (χ1) is 15.5. The van der Waals surface area contributed by atoms with Crippen LogP contribution in [0, 0.1) is 11.8 Å². The Kier molecular flexibility index (Phi) is 5.01. The van der Waals surface area contributed by atoms with Gasteiger partial charge in [-0.25, -0.2) is 0 Å². The minimum atomic E-state index is -0.418. The lowest BCUT2D eigenvalue weighted by atomic mass is 9.96. The van der Waals surface area contributed by atoms with E-state index in [4.69, 9.17) is 4.74 Å². The van der Waals surface area contributed by atoms with E-state index in [1.807, 2.05) is 18.2 Å². The van der Waals surface area contributed by atoms with Gasteiger partial charge < -0.3 is 15.0 Å². The Morgan fingerprint density at radius 2 is 1.84 bits per heavy atom. The zero-order chi connectivity index (χ0) is 21.8. The molecule has 3 heterocycles. The summed E-state index contributed by atoms with van der Waals surface area (Å²) in [5.41, 5.74) is 2.40. The van der Waals surface area contributed by atoms with Gasteiger partial charge in [-0.1, -0.05) is 6.58 Å². The highest BCUT2D eigenvalue weighted by molar-refractivity contribution is 6.01. The molecule has 3 aliphatic heterocycles. The monoisotopic (exact) mass is 435 g/mol. The summed E-state index contributed by atoms with van der Waals surface area (Å²) >= 11 is 0. The number of fused-ring (bicyclic) bond motifs is 3. The average molecular weight is 436 g/mol. The number of piperidine rings is 2. The summed E-state index contributed by atoms with van der Waals surface area (Å²) < 4.78 is 6.55. The Hall–Kier alpha value is -2.34. The number of benzene rings is 1. The number of ether oxygens (including phenoxy) is 1. The van der Waals surface area contributed by atoms with Gasteiger partial charge in [-0.2, -0.15) is 0 Å². The molecule has 4 fully saturated rings. The first-order valence-electron chi connectivity index (χ1n) is 12.4. The van der Waals surface area contributed by atoms with Crippen LogP contribution in [0.5, 0.6) is 5.75 Å². The van der Waals surface area contributed by atoms with Crippen LogP contribution in [0.3, 0.4) is 0 Å². The quantitative estimate of drug-likeness (QED) is 0.787. The molecule has 2 bridgehead atoms. The second kappa shape index (κ2) is 7.91. The molecular weight excluding hydrogens is 402 g/mol. The van der Waals surface area contributed by atoms with Gasteiger partial charge in [0.15, 0.2) is 0 Å². The number of allylic oxidation sites excluding steroid dienone is 1. The fourth-order valence-corrected chi connectivity index (χ4v) is 6.86. The average Bonchev–Trinajstić information content (AvgIpc) is 3.46. The van der Waals surface area contributed by atoms with Crippen LogP contribution in [0.25, 0.3) is 0 Å². The van der Waals surface area contributed by atoms with Crippen LogP contribution in [-0.4, -0.2) is 52.9 Å². The van der Waals surface area contributed by atoms with E-state index in [9.17, 15) is 9.59 Å². The molecule has 6 rings (SSSR count). The molecule has 2 saturated heterocycles. The molecular formula is C26H33N3O3. The van der Waals surface area contributed by atoms with Crippen molar-refractivity contribution in [3.8, 4) is 5.75 Å². The molecule has 0 spiro atoms. The van der Waals surface area contributed by atoms with Crippen LogP contribution >= 0.6 is 0 Å². The Morgan fingerprint density at radius 3 is 2.62 bits per heavy atom. The molecule has 0 aromatic heterocycles. The number of hydrogen-bond donors (Lipinski definition) is 1. The van der Waals surface area contributed by atoms with Gasteiger partial charge in [0.2, 0.25) is 5.91 Å². The van der Waals surface area contributed by atoms with E-state index in [0.717, 1.165) is 35.3 Å². The number of amides is 2. The third kappa shape index (κ3) is 3.53. The van der Waals surface area contributed by atoms with Crippen molar-refractivity contribution in [3.05, 3.63) is 41.6 Å². The Bertz CT molecular complexity index is 948. The zero-order valence-electron chi connectivity index (χ0n) is 18.7. The third-order valence-corrected chi connectivity index (χ3v) is 8.42. The lowest BCUT2D eigenvalue weighted by Gasteiger charge is -2.38. The van der Waals surface area contributed by atoms with E-state index in [2.05, 4.69) is 16.8 Å². The van der Waals surface area contributed by atoms with Gasteiger partial charge in [0.05, 0.1) is 0 Å². The van der Waals surface area contributed by atoms with Crippen molar-refractivity contribution in [2.75, 3.05) is 13.1 Å². The highest BCUT2D eigenvalue weighted by Gasteiger charge is 2.41. The molecule has 5 aliphatic rings. The van der Waals surface area contributed by atoms with Crippen LogP contribution in [0.2, 0.25) is 0 Å². The van der Waals surface area contributed by atoms with Gasteiger partial charge in [-0.05, 0) is 87.0 Å². The molecule has 2 amide bonds. The molecule has 6 nitrogen and oxygen atoms in total. The maximum Gasteiger partial charge on any atom is 0.255 e. The van der Waals surface area contributed by atoms with E-state index < -0.39 is 6.04 Å². The van der Waals surface area contributed by atoms with Crippen molar-refractivity contribution in [1.29, 1.82) is 0 Å². The zero-order valence-corrected chi connectivity index (χ0v) is 18.7. The largest absolute Gasteiger partial charge is 0.489 e. The summed E-state index contributed by atoms with van der Waals surface area (Å²) in [6.45, 7) is 6.79. The Morgan fingerprint density at radius 1 is 1.03 bits per heavy atom. The van der Waals surface area contributed by atoms with E-state index >= 15 is 0 Å². The molecule has 0 radical (unpaired) electrons. The second-order valence-electron chi connectivity index (χ2n) is 10.6. The molecule has 170 valence electrons. The minimum Gasteiger partial charge on any atom is -0.489 e. The van der Waals surface area contributed by atoms with Crippen LogP contribution in [0.1, 0.15) is 67.3 Å². The summed E-state index contributed by atoms with van der Waals surface area (Å²) in [5, 5.41) is 2.80. The number of carbonyl (C=O) groups excluding carboxylic acids is 2. The highest BCUT2D eigenvalue weighted by atomic mass is 16.5. The normalized spacial score (nSPS) is 34.7. The SMILES string of the molecule is C=C1CCC(N2Cc3cc(O[C@H]4CCC[C@H]4N4CC5CCC(C5)C4)ccc3C2=O)C(=O)N1. The summed E-state index contributed by atoms with van der Waals surface area (Å²) in [6.07, 6.45) is 9.37. The van der Waals surface area contributed by atoms with Gasteiger partial charge in [0.25, 0.3) is 5.91 Å². The van der Waals surface area contributed by atoms with Gasteiger partial charge in [0.1, 0.15) is 17.9 Å². The maximum atomic E-state index is 13.0. The van der Waals surface area contributed by atoms with Gasteiger partial charge in [-0.3, -0.25) is 14.5 Å². The third-order valence-electron chi connectivity index (χ3n) is 8.42. The lowest BCUT2D eigenvalue weighted by Crippen LogP contribution is -2.49. The molecule has 6 heteroatoms. The summed E-state index contributed by atoms with van der Waals surface area (Å²) in [5.74, 6) is 2.46. The molecule has 32 heavy (non-hydrogen) atoms. The predicted molar refractivity (Wildman–Crippen MR) is 121 cm³/mol.